The third kappa shape index (κ3) is 3.42. The van der Waals surface area contributed by atoms with Gasteiger partial charge in [-0.15, -0.1) is 0 Å². The van der Waals surface area contributed by atoms with Crippen molar-refractivity contribution in [2.75, 3.05) is 26.2 Å². The average molecular weight is 200 g/mol. The molecule has 0 aromatic carbocycles. The quantitative estimate of drug-likeness (QED) is 0.586. The molecule has 0 spiro atoms. The second-order valence-corrected chi connectivity index (χ2v) is 3.57. The summed E-state index contributed by atoms with van der Waals surface area (Å²) in [4.78, 5) is 4.86. The molecule has 0 aromatic rings. The van der Waals surface area contributed by atoms with Crippen LogP contribution >= 0.6 is 0 Å². The van der Waals surface area contributed by atoms with E-state index in [9.17, 15) is 0 Å². The number of hydrogen-bond acceptors (Lipinski definition) is 2. The molecule has 0 radical (unpaired) electrons. The Morgan fingerprint density at radius 3 is 1.38 bits per heavy atom. The van der Waals surface area contributed by atoms with E-state index >= 15 is 0 Å². The van der Waals surface area contributed by atoms with Crippen LogP contribution in [0.5, 0.6) is 0 Å². The molecule has 13 heavy (non-hydrogen) atoms. The molecular formula is C10H24N2Si. The van der Waals surface area contributed by atoms with Gasteiger partial charge >= 0.3 is 0 Å². The molecule has 0 unspecified atom stereocenters. The Balaban J connectivity index is 4.47. The molecule has 0 rings (SSSR count). The van der Waals surface area contributed by atoms with Crippen molar-refractivity contribution in [1.29, 1.82) is 0 Å². The fourth-order valence-electron chi connectivity index (χ4n) is 1.66. The van der Waals surface area contributed by atoms with Crippen molar-refractivity contribution in [1.82, 2.24) is 9.80 Å². The maximum Gasteiger partial charge on any atom is 0.0948 e. The van der Waals surface area contributed by atoms with E-state index in [-0.39, 0.29) is 0 Å². The van der Waals surface area contributed by atoms with Crippen LogP contribution in [0.25, 0.3) is 0 Å². The molecule has 0 aliphatic carbocycles. The summed E-state index contributed by atoms with van der Waals surface area (Å²) in [6.45, 7) is 13.3. The minimum Gasteiger partial charge on any atom is -0.359 e. The van der Waals surface area contributed by atoms with Crippen LogP contribution < -0.4 is 0 Å². The van der Waals surface area contributed by atoms with Crippen LogP contribution in [0, 0.1) is 0 Å². The summed E-state index contributed by atoms with van der Waals surface area (Å²) in [5, 5.41) is 0. The standard InChI is InChI=1S/C10H24N2Si/c1-5-11(6-2)10(9-13)12(7-3)8-4/h9H,5-8H2,1-4,13H3. The third-order valence-corrected chi connectivity index (χ3v) is 2.95. The van der Waals surface area contributed by atoms with E-state index in [1.54, 1.807) is 0 Å². The summed E-state index contributed by atoms with van der Waals surface area (Å²) in [6.07, 6.45) is 0. The highest BCUT2D eigenvalue weighted by molar-refractivity contribution is 6.17. The molecule has 2 nitrogen and oxygen atoms in total. The van der Waals surface area contributed by atoms with Crippen molar-refractivity contribution in [2.24, 2.45) is 0 Å². The molecule has 0 aliphatic rings. The predicted molar refractivity (Wildman–Crippen MR) is 63.9 cm³/mol. The van der Waals surface area contributed by atoms with Crippen LogP contribution in [-0.4, -0.2) is 46.2 Å². The van der Waals surface area contributed by atoms with Crippen LogP contribution in [0.2, 0.25) is 0 Å². The van der Waals surface area contributed by atoms with Gasteiger partial charge in [-0.1, -0.05) is 5.70 Å². The Morgan fingerprint density at radius 2 is 1.23 bits per heavy atom. The first-order valence-electron chi connectivity index (χ1n) is 5.41. The van der Waals surface area contributed by atoms with Gasteiger partial charge in [0.1, 0.15) is 0 Å². The van der Waals surface area contributed by atoms with Gasteiger partial charge in [0.25, 0.3) is 0 Å². The zero-order valence-electron chi connectivity index (χ0n) is 9.80. The zero-order chi connectivity index (χ0) is 10.3. The smallest absolute Gasteiger partial charge is 0.0948 e. The molecule has 0 aliphatic heterocycles. The van der Waals surface area contributed by atoms with Crippen molar-refractivity contribution >= 4 is 10.2 Å². The summed E-state index contributed by atoms with van der Waals surface area (Å²) in [5.41, 5.74) is 2.35. The van der Waals surface area contributed by atoms with Gasteiger partial charge in [-0.25, -0.2) is 0 Å². The van der Waals surface area contributed by atoms with Gasteiger partial charge in [0.05, 0.1) is 5.82 Å². The van der Waals surface area contributed by atoms with Gasteiger partial charge in [0.15, 0.2) is 0 Å². The summed E-state index contributed by atoms with van der Waals surface area (Å²) in [7, 11) is 1.14. The topological polar surface area (TPSA) is 6.48 Å². The van der Waals surface area contributed by atoms with Crippen LogP contribution in [0.3, 0.4) is 0 Å². The van der Waals surface area contributed by atoms with Crippen molar-refractivity contribution in [3.8, 4) is 0 Å². The molecule has 78 valence electrons. The van der Waals surface area contributed by atoms with Crippen molar-refractivity contribution in [3.05, 3.63) is 11.5 Å². The lowest BCUT2D eigenvalue weighted by molar-refractivity contribution is 0.236. The van der Waals surface area contributed by atoms with Gasteiger partial charge in [-0.05, 0) is 27.7 Å². The SMILES string of the molecule is CCN(CC)C(=C[SiH3])N(CC)CC. The van der Waals surface area contributed by atoms with Gasteiger partial charge in [-0.2, -0.15) is 0 Å². The Labute approximate surface area is 86.0 Å². The highest BCUT2D eigenvalue weighted by Gasteiger charge is 2.09. The maximum absolute atomic E-state index is 2.43. The van der Waals surface area contributed by atoms with Gasteiger partial charge in [-0.3, -0.25) is 0 Å². The third-order valence-electron chi connectivity index (χ3n) is 2.43. The normalized spacial score (nSPS) is 9.85. The van der Waals surface area contributed by atoms with E-state index in [0.717, 1.165) is 36.4 Å². The van der Waals surface area contributed by atoms with Gasteiger partial charge in [0.2, 0.25) is 0 Å². The number of rotatable bonds is 6. The highest BCUT2D eigenvalue weighted by atomic mass is 28.1. The lowest BCUT2D eigenvalue weighted by atomic mass is 10.4. The predicted octanol–water partition coefficient (Wildman–Crippen LogP) is 0.834. The Bertz CT molecular complexity index is 135. The van der Waals surface area contributed by atoms with E-state index in [4.69, 9.17) is 0 Å². The molecule has 0 bridgehead atoms. The Hall–Kier alpha value is -0.443. The van der Waals surface area contributed by atoms with Crippen molar-refractivity contribution in [2.45, 2.75) is 27.7 Å². The van der Waals surface area contributed by atoms with Crippen molar-refractivity contribution < 1.29 is 0 Å². The minimum atomic E-state index is 1.11. The molecular weight excluding hydrogens is 176 g/mol. The first-order chi connectivity index (χ1) is 6.24. The lowest BCUT2D eigenvalue weighted by Gasteiger charge is -2.33. The van der Waals surface area contributed by atoms with Crippen LogP contribution in [0.4, 0.5) is 0 Å². The molecule has 0 N–H and O–H groups in total. The molecule has 0 fully saturated rings. The summed E-state index contributed by atoms with van der Waals surface area (Å²) in [5.74, 6) is 1.43. The molecule has 0 saturated heterocycles. The van der Waals surface area contributed by atoms with Crippen LogP contribution in [-0.2, 0) is 0 Å². The Morgan fingerprint density at radius 1 is 0.923 bits per heavy atom. The zero-order valence-corrected chi connectivity index (χ0v) is 11.8. The van der Waals surface area contributed by atoms with E-state index in [1.807, 2.05) is 0 Å². The van der Waals surface area contributed by atoms with E-state index < -0.39 is 0 Å². The van der Waals surface area contributed by atoms with E-state index in [0.29, 0.717) is 0 Å². The summed E-state index contributed by atoms with van der Waals surface area (Å²) < 4.78 is 0. The fourth-order valence-corrected chi connectivity index (χ4v) is 2.39. The molecule has 0 atom stereocenters. The second-order valence-electron chi connectivity index (χ2n) is 2.99. The molecule has 0 aromatic heterocycles. The Kier molecular flexibility index (Phi) is 6.77. The van der Waals surface area contributed by atoms with E-state index in [1.165, 1.54) is 5.82 Å². The number of hydrogen-bond donors (Lipinski definition) is 0. The summed E-state index contributed by atoms with van der Waals surface area (Å²) >= 11 is 0. The highest BCUT2D eigenvalue weighted by Crippen LogP contribution is 2.08. The number of nitrogens with zero attached hydrogens (tertiary/aromatic N) is 2. The van der Waals surface area contributed by atoms with Gasteiger partial charge < -0.3 is 9.80 Å². The monoisotopic (exact) mass is 200 g/mol. The second kappa shape index (κ2) is 7.01. The van der Waals surface area contributed by atoms with Crippen molar-refractivity contribution in [3.63, 3.8) is 0 Å². The summed E-state index contributed by atoms with van der Waals surface area (Å²) in [6, 6.07) is 0. The molecule has 0 heterocycles. The molecule has 0 saturated carbocycles. The molecule has 3 heteroatoms. The first-order valence-corrected chi connectivity index (χ1v) is 6.56. The largest absolute Gasteiger partial charge is 0.359 e. The fraction of sp³-hybridized carbons (Fsp3) is 0.800. The first kappa shape index (κ1) is 12.6. The maximum atomic E-state index is 2.43. The van der Waals surface area contributed by atoms with E-state index in [2.05, 4.69) is 43.2 Å². The van der Waals surface area contributed by atoms with Crippen LogP contribution in [0.1, 0.15) is 27.7 Å². The van der Waals surface area contributed by atoms with Crippen LogP contribution in [0.15, 0.2) is 11.5 Å². The van der Waals surface area contributed by atoms with Gasteiger partial charge in [0, 0.05) is 36.4 Å². The lowest BCUT2D eigenvalue weighted by Crippen LogP contribution is -2.35. The minimum absolute atomic E-state index is 1.11. The molecule has 0 amide bonds. The average Bonchev–Trinajstić information content (AvgIpc) is 2.18.